The Hall–Kier alpha value is -0.120. The Balaban J connectivity index is 2.08. The van der Waals surface area contributed by atoms with Crippen LogP contribution in [0.2, 0.25) is 0 Å². The zero-order valence-electron chi connectivity index (χ0n) is 10.2. The normalized spacial score (nSPS) is 20.0. The molecule has 2 N–H and O–H groups in total. The SMILES string of the molecule is CNCCN(C)CC(O)CC1CCCC1. The van der Waals surface area contributed by atoms with Crippen molar-refractivity contribution in [2.45, 2.75) is 38.2 Å². The number of nitrogens with one attached hydrogen (secondary N) is 1. The Labute approximate surface area is 93.9 Å². The zero-order valence-corrected chi connectivity index (χ0v) is 10.2. The van der Waals surface area contributed by atoms with E-state index >= 15 is 0 Å². The molecule has 0 radical (unpaired) electrons. The summed E-state index contributed by atoms with van der Waals surface area (Å²) in [5.41, 5.74) is 0. The Morgan fingerprint density at radius 3 is 2.67 bits per heavy atom. The van der Waals surface area contributed by atoms with Crippen LogP contribution in [-0.4, -0.2) is 49.8 Å². The molecule has 1 saturated carbocycles. The van der Waals surface area contributed by atoms with Crippen molar-refractivity contribution in [3.8, 4) is 0 Å². The summed E-state index contributed by atoms with van der Waals surface area (Å²) in [6.45, 7) is 2.82. The number of nitrogens with zero attached hydrogens (tertiary/aromatic N) is 1. The van der Waals surface area contributed by atoms with E-state index in [1.54, 1.807) is 0 Å². The van der Waals surface area contributed by atoms with E-state index in [-0.39, 0.29) is 6.10 Å². The lowest BCUT2D eigenvalue weighted by Gasteiger charge is -2.22. The number of hydrogen-bond donors (Lipinski definition) is 2. The summed E-state index contributed by atoms with van der Waals surface area (Å²) >= 11 is 0. The first-order chi connectivity index (χ1) is 7.22. The van der Waals surface area contributed by atoms with E-state index < -0.39 is 0 Å². The standard InChI is InChI=1S/C12H26N2O/c1-13-7-8-14(2)10-12(15)9-11-5-3-4-6-11/h11-13,15H,3-10H2,1-2H3. The predicted octanol–water partition coefficient (Wildman–Crippen LogP) is 1.08. The first-order valence-electron chi connectivity index (χ1n) is 6.23. The van der Waals surface area contributed by atoms with Gasteiger partial charge < -0.3 is 15.3 Å². The summed E-state index contributed by atoms with van der Waals surface area (Å²) in [7, 11) is 4.04. The molecule has 1 aliphatic rings. The van der Waals surface area contributed by atoms with Gasteiger partial charge in [-0.2, -0.15) is 0 Å². The molecule has 0 heterocycles. The minimum absolute atomic E-state index is 0.130. The second kappa shape index (κ2) is 7.20. The maximum Gasteiger partial charge on any atom is 0.0669 e. The minimum Gasteiger partial charge on any atom is -0.392 e. The monoisotopic (exact) mass is 214 g/mol. The van der Waals surface area contributed by atoms with Crippen LogP contribution in [0.5, 0.6) is 0 Å². The molecule has 0 aromatic rings. The average molecular weight is 214 g/mol. The largest absolute Gasteiger partial charge is 0.392 e. The molecule has 0 saturated heterocycles. The van der Waals surface area contributed by atoms with Gasteiger partial charge in [-0.1, -0.05) is 25.7 Å². The Morgan fingerprint density at radius 2 is 2.07 bits per heavy atom. The van der Waals surface area contributed by atoms with Crippen molar-refractivity contribution in [2.24, 2.45) is 5.92 Å². The highest BCUT2D eigenvalue weighted by atomic mass is 16.3. The second-order valence-electron chi connectivity index (χ2n) is 4.91. The molecule has 3 heteroatoms. The molecule has 0 aliphatic heterocycles. The number of hydrogen-bond acceptors (Lipinski definition) is 3. The molecular weight excluding hydrogens is 188 g/mol. The fourth-order valence-electron chi connectivity index (χ4n) is 2.46. The summed E-state index contributed by atoms with van der Waals surface area (Å²) in [5.74, 6) is 0.790. The Bertz CT molecular complexity index is 158. The van der Waals surface area contributed by atoms with Crippen LogP contribution in [0.4, 0.5) is 0 Å². The van der Waals surface area contributed by atoms with Crippen molar-refractivity contribution in [3.63, 3.8) is 0 Å². The summed E-state index contributed by atoms with van der Waals surface area (Å²) in [4.78, 5) is 2.20. The van der Waals surface area contributed by atoms with Gasteiger partial charge in [0.2, 0.25) is 0 Å². The number of aliphatic hydroxyl groups is 1. The van der Waals surface area contributed by atoms with Crippen molar-refractivity contribution in [1.29, 1.82) is 0 Å². The Morgan fingerprint density at radius 1 is 1.40 bits per heavy atom. The molecule has 0 amide bonds. The van der Waals surface area contributed by atoms with Crippen molar-refractivity contribution in [2.75, 3.05) is 33.7 Å². The lowest BCUT2D eigenvalue weighted by molar-refractivity contribution is 0.102. The van der Waals surface area contributed by atoms with Crippen molar-refractivity contribution >= 4 is 0 Å². The molecule has 3 nitrogen and oxygen atoms in total. The van der Waals surface area contributed by atoms with Crippen molar-refractivity contribution < 1.29 is 5.11 Å². The zero-order chi connectivity index (χ0) is 11.1. The first kappa shape index (κ1) is 12.9. The highest BCUT2D eigenvalue weighted by molar-refractivity contribution is 4.72. The van der Waals surface area contributed by atoms with Crippen LogP contribution in [0.3, 0.4) is 0 Å². The van der Waals surface area contributed by atoms with Crippen molar-refractivity contribution in [1.82, 2.24) is 10.2 Å². The molecular formula is C12H26N2O. The van der Waals surface area contributed by atoms with E-state index in [9.17, 15) is 5.11 Å². The van der Waals surface area contributed by atoms with Crippen LogP contribution in [0.1, 0.15) is 32.1 Å². The molecule has 1 aliphatic carbocycles. The third kappa shape index (κ3) is 5.50. The van der Waals surface area contributed by atoms with Crippen LogP contribution in [0.25, 0.3) is 0 Å². The van der Waals surface area contributed by atoms with E-state index in [2.05, 4.69) is 17.3 Å². The van der Waals surface area contributed by atoms with Gasteiger partial charge in [0.15, 0.2) is 0 Å². The van der Waals surface area contributed by atoms with Gasteiger partial charge in [-0.05, 0) is 26.4 Å². The van der Waals surface area contributed by atoms with Gasteiger partial charge in [0.1, 0.15) is 0 Å². The first-order valence-corrected chi connectivity index (χ1v) is 6.23. The molecule has 1 unspecified atom stereocenters. The van der Waals surface area contributed by atoms with Crippen LogP contribution in [0, 0.1) is 5.92 Å². The summed E-state index contributed by atoms with van der Waals surface area (Å²) in [5, 5.41) is 13.0. The fourth-order valence-corrected chi connectivity index (χ4v) is 2.46. The van der Waals surface area contributed by atoms with Crippen molar-refractivity contribution in [3.05, 3.63) is 0 Å². The molecule has 15 heavy (non-hydrogen) atoms. The summed E-state index contributed by atoms with van der Waals surface area (Å²) < 4.78 is 0. The second-order valence-corrected chi connectivity index (χ2v) is 4.91. The number of aliphatic hydroxyl groups excluding tert-OH is 1. The Kier molecular flexibility index (Phi) is 6.22. The van der Waals surface area contributed by atoms with Crippen LogP contribution in [0.15, 0.2) is 0 Å². The van der Waals surface area contributed by atoms with Gasteiger partial charge in [-0.3, -0.25) is 0 Å². The average Bonchev–Trinajstić information content (AvgIpc) is 2.67. The van der Waals surface area contributed by atoms with E-state index in [1.807, 2.05) is 7.05 Å². The molecule has 0 aromatic heterocycles. The van der Waals surface area contributed by atoms with Gasteiger partial charge in [0.05, 0.1) is 6.10 Å². The van der Waals surface area contributed by atoms with Gasteiger partial charge in [0.25, 0.3) is 0 Å². The van der Waals surface area contributed by atoms with Crippen LogP contribution < -0.4 is 5.32 Å². The maximum absolute atomic E-state index is 9.92. The molecule has 90 valence electrons. The minimum atomic E-state index is -0.130. The van der Waals surface area contributed by atoms with E-state index in [0.29, 0.717) is 0 Å². The maximum atomic E-state index is 9.92. The number of rotatable bonds is 7. The van der Waals surface area contributed by atoms with Gasteiger partial charge in [0, 0.05) is 19.6 Å². The molecule has 0 aromatic carbocycles. The molecule has 1 atom stereocenters. The van der Waals surface area contributed by atoms with Gasteiger partial charge >= 0.3 is 0 Å². The lowest BCUT2D eigenvalue weighted by atomic mass is 10.00. The molecule has 0 spiro atoms. The van der Waals surface area contributed by atoms with Crippen LogP contribution in [-0.2, 0) is 0 Å². The highest BCUT2D eigenvalue weighted by Crippen LogP contribution is 2.28. The number of likely N-dealkylation sites (N-methyl/N-ethyl adjacent to an activating group) is 2. The van der Waals surface area contributed by atoms with E-state index in [1.165, 1.54) is 25.7 Å². The smallest absolute Gasteiger partial charge is 0.0669 e. The summed E-state index contributed by atoms with van der Waals surface area (Å²) in [6, 6.07) is 0. The van der Waals surface area contributed by atoms with E-state index in [0.717, 1.165) is 32.0 Å². The van der Waals surface area contributed by atoms with E-state index in [4.69, 9.17) is 0 Å². The summed E-state index contributed by atoms with van der Waals surface area (Å²) in [6.07, 6.45) is 6.27. The van der Waals surface area contributed by atoms with Gasteiger partial charge in [-0.15, -0.1) is 0 Å². The molecule has 0 bridgehead atoms. The molecule has 1 fully saturated rings. The van der Waals surface area contributed by atoms with Crippen LogP contribution >= 0.6 is 0 Å². The third-order valence-electron chi connectivity index (χ3n) is 3.35. The highest BCUT2D eigenvalue weighted by Gasteiger charge is 2.19. The third-order valence-corrected chi connectivity index (χ3v) is 3.35. The topological polar surface area (TPSA) is 35.5 Å². The molecule has 1 rings (SSSR count). The fraction of sp³-hybridized carbons (Fsp3) is 1.00. The van der Waals surface area contributed by atoms with Gasteiger partial charge in [-0.25, -0.2) is 0 Å². The quantitative estimate of drug-likeness (QED) is 0.665. The lowest BCUT2D eigenvalue weighted by Crippen LogP contribution is -2.34. The predicted molar refractivity (Wildman–Crippen MR) is 64.0 cm³/mol.